The molecule has 0 saturated heterocycles. The third-order valence-electron chi connectivity index (χ3n) is 2.83. The van der Waals surface area contributed by atoms with Gasteiger partial charge in [0.05, 0.1) is 6.10 Å². The highest BCUT2D eigenvalue weighted by molar-refractivity contribution is 4.79. The molecule has 72 valence electrons. The van der Waals surface area contributed by atoms with Crippen molar-refractivity contribution < 1.29 is 5.11 Å². The van der Waals surface area contributed by atoms with Gasteiger partial charge in [-0.05, 0) is 38.6 Å². The zero-order chi connectivity index (χ0) is 8.97. The number of hydrogen-bond donors (Lipinski definition) is 2. The molecule has 0 heterocycles. The van der Waals surface area contributed by atoms with Gasteiger partial charge in [-0.25, -0.2) is 0 Å². The summed E-state index contributed by atoms with van der Waals surface area (Å²) in [6.07, 6.45) is 4.78. The quantitative estimate of drug-likeness (QED) is 0.672. The van der Waals surface area contributed by atoms with Crippen molar-refractivity contribution in [1.29, 1.82) is 0 Å². The van der Waals surface area contributed by atoms with Gasteiger partial charge in [0.15, 0.2) is 0 Å². The molecule has 0 radical (unpaired) electrons. The lowest BCUT2D eigenvalue weighted by Crippen LogP contribution is -2.32. The van der Waals surface area contributed by atoms with Crippen molar-refractivity contribution in [1.82, 2.24) is 5.32 Å². The average molecular weight is 171 g/mol. The van der Waals surface area contributed by atoms with Gasteiger partial charge >= 0.3 is 0 Å². The fourth-order valence-electron chi connectivity index (χ4n) is 1.93. The van der Waals surface area contributed by atoms with E-state index in [0.29, 0.717) is 6.04 Å². The first kappa shape index (κ1) is 10.0. The van der Waals surface area contributed by atoms with Crippen LogP contribution in [0.15, 0.2) is 0 Å². The predicted octanol–water partition coefficient (Wildman–Crippen LogP) is 1.54. The smallest absolute Gasteiger partial charge is 0.0524 e. The molecule has 3 atom stereocenters. The SMILES string of the molecule is CC(O)CCNC1CCCC1C. The van der Waals surface area contributed by atoms with Crippen LogP contribution in [-0.4, -0.2) is 23.8 Å². The van der Waals surface area contributed by atoms with Crippen molar-refractivity contribution in [3.63, 3.8) is 0 Å². The minimum Gasteiger partial charge on any atom is -0.393 e. The Balaban J connectivity index is 2.06. The van der Waals surface area contributed by atoms with E-state index in [4.69, 9.17) is 5.11 Å². The number of nitrogens with one attached hydrogen (secondary N) is 1. The van der Waals surface area contributed by atoms with Crippen LogP contribution >= 0.6 is 0 Å². The third-order valence-corrected chi connectivity index (χ3v) is 2.83. The fraction of sp³-hybridized carbons (Fsp3) is 1.00. The molecule has 0 aliphatic heterocycles. The second-order valence-corrected chi connectivity index (χ2v) is 4.11. The standard InChI is InChI=1S/C10H21NO/c1-8-4-3-5-10(8)11-7-6-9(2)12/h8-12H,3-7H2,1-2H3. The van der Waals surface area contributed by atoms with Crippen molar-refractivity contribution in [3.05, 3.63) is 0 Å². The molecule has 1 fully saturated rings. The van der Waals surface area contributed by atoms with Crippen LogP contribution in [0.4, 0.5) is 0 Å². The van der Waals surface area contributed by atoms with Gasteiger partial charge in [0.25, 0.3) is 0 Å². The summed E-state index contributed by atoms with van der Waals surface area (Å²) >= 11 is 0. The van der Waals surface area contributed by atoms with Crippen molar-refractivity contribution >= 4 is 0 Å². The zero-order valence-electron chi connectivity index (χ0n) is 8.21. The number of rotatable bonds is 4. The van der Waals surface area contributed by atoms with Gasteiger partial charge in [0, 0.05) is 6.04 Å². The Kier molecular flexibility index (Phi) is 4.02. The first-order chi connectivity index (χ1) is 5.70. The second-order valence-electron chi connectivity index (χ2n) is 4.11. The van der Waals surface area contributed by atoms with Gasteiger partial charge in [-0.3, -0.25) is 0 Å². The highest BCUT2D eigenvalue weighted by Crippen LogP contribution is 2.24. The Labute approximate surface area is 75.4 Å². The van der Waals surface area contributed by atoms with Gasteiger partial charge in [-0.2, -0.15) is 0 Å². The Morgan fingerprint density at radius 1 is 1.50 bits per heavy atom. The molecule has 1 aliphatic carbocycles. The molecule has 1 aliphatic rings. The summed E-state index contributed by atoms with van der Waals surface area (Å²) in [5.74, 6) is 0.832. The van der Waals surface area contributed by atoms with Gasteiger partial charge in [0.1, 0.15) is 0 Å². The normalized spacial score (nSPS) is 32.2. The zero-order valence-corrected chi connectivity index (χ0v) is 8.21. The molecule has 0 aromatic heterocycles. The molecule has 0 aromatic carbocycles. The minimum absolute atomic E-state index is 0.158. The van der Waals surface area contributed by atoms with Gasteiger partial charge < -0.3 is 10.4 Å². The first-order valence-corrected chi connectivity index (χ1v) is 5.11. The summed E-state index contributed by atoms with van der Waals surface area (Å²) in [4.78, 5) is 0. The maximum absolute atomic E-state index is 9.05. The number of aliphatic hydroxyl groups is 1. The molecule has 1 rings (SSSR count). The summed E-state index contributed by atoms with van der Waals surface area (Å²) < 4.78 is 0. The summed E-state index contributed by atoms with van der Waals surface area (Å²) in [5.41, 5.74) is 0. The molecule has 0 aromatic rings. The van der Waals surface area contributed by atoms with Crippen molar-refractivity contribution in [2.45, 2.75) is 51.7 Å². The lowest BCUT2D eigenvalue weighted by Gasteiger charge is -2.17. The molecule has 12 heavy (non-hydrogen) atoms. The number of hydrogen-bond acceptors (Lipinski definition) is 2. The van der Waals surface area contributed by atoms with Crippen LogP contribution in [0.1, 0.15) is 39.5 Å². The minimum atomic E-state index is -0.158. The Morgan fingerprint density at radius 2 is 2.25 bits per heavy atom. The molecule has 0 bridgehead atoms. The highest BCUT2D eigenvalue weighted by Gasteiger charge is 2.22. The molecule has 2 heteroatoms. The lowest BCUT2D eigenvalue weighted by molar-refractivity contribution is 0.181. The van der Waals surface area contributed by atoms with Crippen LogP contribution in [0.25, 0.3) is 0 Å². The van der Waals surface area contributed by atoms with Gasteiger partial charge in [-0.15, -0.1) is 0 Å². The summed E-state index contributed by atoms with van der Waals surface area (Å²) in [5, 5.41) is 12.6. The maximum Gasteiger partial charge on any atom is 0.0524 e. The van der Waals surface area contributed by atoms with Crippen LogP contribution in [0.5, 0.6) is 0 Å². The van der Waals surface area contributed by atoms with Gasteiger partial charge in [0.2, 0.25) is 0 Å². The van der Waals surface area contributed by atoms with Gasteiger partial charge in [-0.1, -0.05) is 13.3 Å². The molecule has 0 amide bonds. The molecule has 1 saturated carbocycles. The maximum atomic E-state index is 9.05. The van der Waals surface area contributed by atoms with Crippen molar-refractivity contribution in [2.75, 3.05) is 6.54 Å². The highest BCUT2D eigenvalue weighted by atomic mass is 16.3. The molecular weight excluding hydrogens is 150 g/mol. The van der Waals surface area contributed by atoms with E-state index in [1.54, 1.807) is 0 Å². The van der Waals surface area contributed by atoms with E-state index in [9.17, 15) is 0 Å². The second kappa shape index (κ2) is 4.83. The van der Waals surface area contributed by atoms with E-state index in [1.165, 1.54) is 19.3 Å². The Morgan fingerprint density at radius 3 is 2.75 bits per heavy atom. The molecule has 0 spiro atoms. The topological polar surface area (TPSA) is 32.3 Å². The van der Waals surface area contributed by atoms with E-state index >= 15 is 0 Å². The third kappa shape index (κ3) is 3.11. The van der Waals surface area contributed by atoms with E-state index in [-0.39, 0.29) is 6.10 Å². The largest absolute Gasteiger partial charge is 0.393 e. The summed E-state index contributed by atoms with van der Waals surface area (Å²) in [6, 6.07) is 0.712. The van der Waals surface area contributed by atoms with Crippen LogP contribution in [0.3, 0.4) is 0 Å². The summed E-state index contributed by atoms with van der Waals surface area (Å²) in [7, 11) is 0. The molecule has 2 N–H and O–H groups in total. The van der Waals surface area contributed by atoms with Crippen LogP contribution < -0.4 is 5.32 Å². The van der Waals surface area contributed by atoms with E-state index < -0.39 is 0 Å². The van der Waals surface area contributed by atoms with E-state index in [0.717, 1.165) is 18.9 Å². The Bertz CT molecular complexity index is 125. The number of aliphatic hydroxyl groups excluding tert-OH is 1. The van der Waals surface area contributed by atoms with Crippen molar-refractivity contribution in [3.8, 4) is 0 Å². The summed E-state index contributed by atoms with van der Waals surface area (Å²) in [6.45, 7) is 5.12. The lowest BCUT2D eigenvalue weighted by atomic mass is 10.1. The molecule has 3 unspecified atom stereocenters. The van der Waals surface area contributed by atoms with Crippen LogP contribution in [0.2, 0.25) is 0 Å². The van der Waals surface area contributed by atoms with E-state index in [2.05, 4.69) is 12.2 Å². The average Bonchev–Trinajstić information content (AvgIpc) is 2.36. The first-order valence-electron chi connectivity index (χ1n) is 5.11. The van der Waals surface area contributed by atoms with E-state index in [1.807, 2.05) is 6.92 Å². The molecule has 2 nitrogen and oxygen atoms in total. The van der Waals surface area contributed by atoms with Crippen molar-refractivity contribution in [2.24, 2.45) is 5.92 Å². The Hall–Kier alpha value is -0.0800. The van der Waals surface area contributed by atoms with Crippen LogP contribution in [-0.2, 0) is 0 Å². The molecular formula is C10H21NO. The predicted molar refractivity (Wildman–Crippen MR) is 51.1 cm³/mol. The monoisotopic (exact) mass is 171 g/mol. The fourth-order valence-corrected chi connectivity index (χ4v) is 1.93. The van der Waals surface area contributed by atoms with Crippen LogP contribution in [0, 0.1) is 5.92 Å².